The third-order valence-electron chi connectivity index (χ3n) is 1.74. The number of halogens is 1. The number of benzene rings is 1. The van der Waals surface area contributed by atoms with Gasteiger partial charge in [-0.2, -0.15) is 0 Å². The molecule has 0 unspecified atom stereocenters. The fourth-order valence-electron chi connectivity index (χ4n) is 1.04. The fourth-order valence-corrected chi connectivity index (χ4v) is 1.55. The lowest BCUT2D eigenvalue weighted by Gasteiger charge is -2.08. The molecule has 2 N–H and O–H groups in total. The highest BCUT2D eigenvalue weighted by atomic mass is 79.9. The quantitative estimate of drug-likeness (QED) is 0.641. The summed E-state index contributed by atoms with van der Waals surface area (Å²) in [6.45, 7) is 1.48. The molecule has 0 aromatic heterocycles. The second kappa shape index (κ2) is 3.79. The maximum atomic E-state index is 11.1. The van der Waals surface area contributed by atoms with Gasteiger partial charge in [-0.25, -0.2) is 0 Å². The first-order valence-corrected chi connectivity index (χ1v) is 4.50. The highest BCUT2D eigenvalue weighted by molar-refractivity contribution is 9.10. The number of hydrogen-bond acceptors (Lipinski definition) is 3. The molecule has 70 valence electrons. The van der Waals surface area contributed by atoms with Gasteiger partial charge in [0.2, 0.25) is 0 Å². The third kappa shape index (κ3) is 1.83. The minimum Gasteiger partial charge on any atom is -0.495 e. The van der Waals surface area contributed by atoms with Crippen molar-refractivity contribution in [1.82, 2.24) is 0 Å². The molecule has 0 heterocycles. The molecule has 0 amide bonds. The number of methoxy groups -OCH3 is 1. The number of carbonyl (C=O) groups is 1. The van der Waals surface area contributed by atoms with Crippen LogP contribution in [0, 0.1) is 0 Å². The van der Waals surface area contributed by atoms with Gasteiger partial charge < -0.3 is 10.5 Å². The Hall–Kier alpha value is -1.03. The van der Waals surface area contributed by atoms with Crippen molar-refractivity contribution in [3.8, 4) is 5.75 Å². The molecule has 1 aromatic rings. The van der Waals surface area contributed by atoms with Crippen molar-refractivity contribution in [2.24, 2.45) is 0 Å². The van der Waals surface area contributed by atoms with Crippen LogP contribution in [0.25, 0.3) is 0 Å². The Labute approximate surface area is 85.0 Å². The first-order valence-electron chi connectivity index (χ1n) is 3.70. The van der Waals surface area contributed by atoms with Crippen LogP contribution in [0.5, 0.6) is 5.75 Å². The van der Waals surface area contributed by atoms with Gasteiger partial charge in [0, 0.05) is 5.56 Å². The van der Waals surface area contributed by atoms with Gasteiger partial charge >= 0.3 is 0 Å². The molecular formula is C9H10BrNO2. The maximum Gasteiger partial charge on any atom is 0.161 e. The molecule has 3 nitrogen and oxygen atoms in total. The smallest absolute Gasteiger partial charge is 0.161 e. The average molecular weight is 244 g/mol. The van der Waals surface area contributed by atoms with Gasteiger partial charge in [0.1, 0.15) is 5.75 Å². The van der Waals surface area contributed by atoms with Crippen LogP contribution in [0.1, 0.15) is 17.3 Å². The Morgan fingerprint density at radius 3 is 2.62 bits per heavy atom. The molecule has 1 rings (SSSR count). The van der Waals surface area contributed by atoms with Crippen LogP contribution >= 0.6 is 15.9 Å². The molecule has 1 aromatic carbocycles. The Morgan fingerprint density at radius 2 is 2.15 bits per heavy atom. The number of nitrogens with two attached hydrogens (primary N) is 1. The average Bonchev–Trinajstić information content (AvgIpc) is 2.09. The van der Waals surface area contributed by atoms with Crippen molar-refractivity contribution in [2.75, 3.05) is 12.8 Å². The summed E-state index contributed by atoms with van der Waals surface area (Å²) in [4.78, 5) is 11.1. The van der Waals surface area contributed by atoms with Crippen molar-refractivity contribution in [2.45, 2.75) is 6.92 Å². The molecule has 0 aliphatic rings. The zero-order valence-electron chi connectivity index (χ0n) is 7.43. The standard InChI is InChI=1S/C9H10BrNO2/c1-5(12)6-3-4-7(13-2)8(10)9(6)11/h3-4H,11H2,1-2H3. The maximum absolute atomic E-state index is 11.1. The van der Waals surface area contributed by atoms with Crippen molar-refractivity contribution in [3.05, 3.63) is 22.2 Å². The van der Waals surface area contributed by atoms with E-state index in [-0.39, 0.29) is 5.78 Å². The van der Waals surface area contributed by atoms with Gasteiger partial charge in [-0.15, -0.1) is 0 Å². The van der Waals surface area contributed by atoms with E-state index in [9.17, 15) is 4.79 Å². The zero-order valence-corrected chi connectivity index (χ0v) is 9.01. The van der Waals surface area contributed by atoms with Crippen molar-refractivity contribution in [3.63, 3.8) is 0 Å². The number of anilines is 1. The summed E-state index contributed by atoms with van der Waals surface area (Å²) in [5.41, 5.74) is 6.64. The SMILES string of the molecule is COc1ccc(C(C)=O)c(N)c1Br. The molecule has 13 heavy (non-hydrogen) atoms. The summed E-state index contributed by atoms with van der Waals surface area (Å²) in [5.74, 6) is 0.573. The number of nitrogen functional groups attached to an aromatic ring is 1. The van der Waals surface area contributed by atoms with Crippen LogP contribution in [0.15, 0.2) is 16.6 Å². The predicted molar refractivity (Wildman–Crippen MR) is 55.1 cm³/mol. The van der Waals surface area contributed by atoms with Crippen LogP contribution in [0.4, 0.5) is 5.69 Å². The lowest BCUT2D eigenvalue weighted by atomic mass is 10.1. The van der Waals surface area contributed by atoms with E-state index in [4.69, 9.17) is 10.5 Å². The molecule has 0 aliphatic carbocycles. The highest BCUT2D eigenvalue weighted by Gasteiger charge is 2.11. The summed E-state index contributed by atoms with van der Waals surface area (Å²) < 4.78 is 5.65. The molecule has 0 spiro atoms. The van der Waals surface area contributed by atoms with E-state index in [1.807, 2.05) is 0 Å². The van der Waals surface area contributed by atoms with E-state index in [0.717, 1.165) is 0 Å². The van der Waals surface area contributed by atoms with E-state index in [0.29, 0.717) is 21.5 Å². The van der Waals surface area contributed by atoms with E-state index >= 15 is 0 Å². The minimum atomic E-state index is -0.0548. The predicted octanol–water partition coefficient (Wildman–Crippen LogP) is 2.24. The molecule has 0 aliphatic heterocycles. The zero-order chi connectivity index (χ0) is 10.0. The number of ketones is 1. The number of carbonyl (C=O) groups excluding carboxylic acids is 1. The van der Waals surface area contributed by atoms with Gasteiger partial charge in [0.05, 0.1) is 17.3 Å². The summed E-state index contributed by atoms with van der Waals surface area (Å²) in [6.07, 6.45) is 0. The largest absolute Gasteiger partial charge is 0.495 e. The molecular weight excluding hydrogens is 234 g/mol. The monoisotopic (exact) mass is 243 g/mol. The van der Waals surface area contributed by atoms with Crippen molar-refractivity contribution < 1.29 is 9.53 Å². The molecule has 0 saturated heterocycles. The van der Waals surface area contributed by atoms with Crippen LogP contribution in [-0.2, 0) is 0 Å². The Balaban J connectivity index is 3.31. The molecule has 0 saturated carbocycles. The first kappa shape index (κ1) is 10.1. The van der Waals surface area contributed by atoms with E-state index in [1.54, 1.807) is 19.2 Å². The highest BCUT2D eigenvalue weighted by Crippen LogP contribution is 2.33. The van der Waals surface area contributed by atoms with Gasteiger partial charge in [0.15, 0.2) is 5.78 Å². The van der Waals surface area contributed by atoms with Gasteiger partial charge in [0.25, 0.3) is 0 Å². The number of hydrogen-bond donors (Lipinski definition) is 1. The molecule has 0 bridgehead atoms. The van der Waals surface area contributed by atoms with Gasteiger partial charge in [-0.05, 0) is 35.0 Å². The fraction of sp³-hybridized carbons (Fsp3) is 0.222. The molecule has 4 heteroatoms. The number of ether oxygens (including phenoxy) is 1. The van der Waals surface area contributed by atoms with Crippen molar-refractivity contribution in [1.29, 1.82) is 0 Å². The minimum absolute atomic E-state index is 0.0548. The normalized spacial score (nSPS) is 9.77. The van der Waals surface area contributed by atoms with Crippen molar-refractivity contribution >= 4 is 27.4 Å². The van der Waals surface area contributed by atoms with Gasteiger partial charge in [-0.3, -0.25) is 4.79 Å². The Bertz CT molecular complexity index is 350. The lowest BCUT2D eigenvalue weighted by molar-refractivity contribution is 0.101. The van der Waals surface area contributed by atoms with Gasteiger partial charge in [-0.1, -0.05) is 0 Å². The molecule has 0 fully saturated rings. The molecule has 0 atom stereocenters. The summed E-state index contributed by atoms with van der Waals surface area (Å²) in [6, 6.07) is 3.36. The Morgan fingerprint density at radius 1 is 1.54 bits per heavy atom. The second-order valence-corrected chi connectivity index (χ2v) is 3.39. The first-order chi connectivity index (χ1) is 6.07. The number of Topliss-reactive ketones (excluding diaryl/α,β-unsaturated/α-hetero) is 1. The van der Waals surface area contributed by atoms with Crippen LogP contribution < -0.4 is 10.5 Å². The van der Waals surface area contributed by atoms with E-state index in [2.05, 4.69) is 15.9 Å². The Kier molecular flexibility index (Phi) is 2.93. The second-order valence-electron chi connectivity index (χ2n) is 2.60. The number of rotatable bonds is 2. The van der Waals surface area contributed by atoms with E-state index < -0.39 is 0 Å². The topological polar surface area (TPSA) is 52.3 Å². The summed E-state index contributed by atoms with van der Waals surface area (Å²) >= 11 is 3.26. The van der Waals surface area contributed by atoms with E-state index in [1.165, 1.54) is 6.92 Å². The summed E-state index contributed by atoms with van der Waals surface area (Å²) in [5, 5.41) is 0. The summed E-state index contributed by atoms with van der Waals surface area (Å²) in [7, 11) is 1.55. The van der Waals surface area contributed by atoms with Crippen LogP contribution in [-0.4, -0.2) is 12.9 Å². The lowest BCUT2D eigenvalue weighted by Crippen LogP contribution is -2.01. The van der Waals surface area contributed by atoms with Crippen LogP contribution in [0.3, 0.4) is 0 Å². The third-order valence-corrected chi connectivity index (χ3v) is 2.56. The van der Waals surface area contributed by atoms with Crippen LogP contribution in [0.2, 0.25) is 0 Å². The molecule has 0 radical (unpaired) electrons.